The van der Waals surface area contributed by atoms with Crippen molar-refractivity contribution in [2.75, 3.05) is 0 Å². The van der Waals surface area contributed by atoms with E-state index in [2.05, 4.69) is 0 Å². The summed E-state index contributed by atoms with van der Waals surface area (Å²) < 4.78 is 50.3. The number of hydrogen-bond acceptors (Lipinski definition) is 6. The van der Waals surface area contributed by atoms with Gasteiger partial charge in [-0.05, 0) is 43.7 Å². The van der Waals surface area contributed by atoms with Crippen molar-refractivity contribution < 1.29 is 26.4 Å². The lowest BCUT2D eigenvalue weighted by Crippen LogP contribution is -2.03. The van der Waals surface area contributed by atoms with E-state index < -0.39 is 31.2 Å². The number of fused-ring (bicyclic) bond motifs is 2. The predicted octanol–water partition coefficient (Wildman–Crippen LogP) is 3.43. The molecule has 0 spiro atoms. The van der Waals surface area contributed by atoms with E-state index in [-0.39, 0.29) is 37.1 Å². The van der Waals surface area contributed by atoms with Gasteiger partial charge in [-0.2, -0.15) is 0 Å². The summed E-state index contributed by atoms with van der Waals surface area (Å²) >= 11 is 0. The molecule has 0 unspecified atom stereocenters. The van der Waals surface area contributed by atoms with E-state index in [1.807, 2.05) is 0 Å². The Bertz CT molecular complexity index is 1420. The summed E-state index contributed by atoms with van der Waals surface area (Å²) in [6.07, 6.45) is 4.23. The van der Waals surface area contributed by atoms with Gasteiger partial charge in [0.05, 0.1) is 9.79 Å². The Kier molecular flexibility index (Phi) is 4.71. The molecule has 2 aliphatic rings. The summed E-state index contributed by atoms with van der Waals surface area (Å²) in [5.41, 5.74) is 0.748. The van der Waals surface area contributed by atoms with Gasteiger partial charge in [-0.15, -0.1) is 0 Å². The molecule has 2 aliphatic heterocycles. The molecule has 6 nitrogen and oxygen atoms in total. The van der Waals surface area contributed by atoms with E-state index in [1.54, 1.807) is 37.3 Å². The maximum atomic E-state index is 12.6. The monoisotopic (exact) mass is 440 g/mol. The molecular weight excluding hydrogens is 424 g/mol. The summed E-state index contributed by atoms with van der Waals surface area (Å²) in [6.45, 7) is 1.61. The average molecular weight is 440 g/mol. The first-order valence-electron chi connectivity index (χ1n) is 9.02. The lowest BCUT2D eigenvalue weighted by molar-refractivity contribution is 0.103. The zero-order valence-electron chi connectivity index (χ0n) is 15.8. The number of benzene rings is 2. The second-order valence-corrected chi connectivity index (χ2v) is 10.7. The molecule has 0 N–H and O–H groups in total. The number of Topliss-reactive ketones (excluding diaryl/α,β-unsaturated/α-hetero) is 2. The minimum absolute atomic E-state index is 0.00974. The highest BCUT2D eigenvalue weighted by Crippen LogP contribution is 2.35. The topological polar surface area (TPSA) is 102 Å². The van der Waals surface area contributed by atoms with Crippen LogP contribution in [0.2, 0.25) is 0 Å². The van der Waals surface area contributed by atoms with Crippen molar-refractivity contribution in [2.45, 2.75) is 23.1 Å². The Morgan fingerprint density at radius 3 is 1.77 bits per heavy atom. The Morgan fingerprint density at radius 1 is 0.767 bits per heavy atom. The Balaban J connectivity index is 1.63. The minimum Gasteiger partial charge on any atom is -0.288 e. The molecular formula is C22H16O6S2. The van der Waals surface area contributed by atoms with Crippen LogP contribution in [0, 0.1) is 0 Å². The van der Waals surface area contributed by atoms with Crippen molar-refractivity contribution >= 4 is 31.2 Å². The number of sulfone groups is 2. The zero-order valence-corrected chi connectivity index (χ0v) is 17.5. The van der Waals surface area contributed by atoms with Crippen LogP contribution in [-0.2, 0) is 19.7 Å². The van der Waals surface area contributed by atoms with Crippen LogP contribution in [0.3, 0.4) is 0 Å². The highest BCUT2D eigenvalue weighted by atomic mass is 32.2. The van der Waals surface area contributed by atoms with Crippen molar-refractivity contribution in [1.29, 1.82) is 0 Å². The van der Waals surface area contributed by atoms with Gasteiger partial charge in [-0.1, -0.05) is 42.0 Å². The number of rotatable bonds is 3. The molecule has 0 bridgehead atoms. The van der Waals surface area contributed by atoms with E-state index in [0.29, 0.717) is 5.57 Å². The van der Waals surface area contributed by atoms with Gasteiger partial charge in [-0.25, -0.2) is 16.8 Å². The largest absolute Gasteiger partial charge is 0.288 e. The summed E-state index contributed by atoms with van der Waals surface area (Å²) in [7, 11) is -7.75. The number of hydrogen-bond donors (Lipinski definition) is 0. The number of ketones is 2. The molecule has 0 aliphatic carbocycles. The normalized spacial score (nSPS) is 21.8. The number of carbonyl (C=O) groups excluding carboxylic acids is 2. The SMILES string of the molecule is CC(=CCC=C1C(=O)c2ccccc2S1(=O)=O)C=C1C(=O)c2ccccc2S1(=O)=O. The maximum absolute atomic E-state index is 12.6. The smallest absolute Gasteiger partial charge is 0.211 e. The fourth-order valence-corrected chi connectivity index (χ4v) is 6.74. The molecule has 2 aromatic rings. The van der Waals surface area contributed by atoms with Crippen LogP contribution in [0.4, 0.5) is 0 Å². The van der Waals surface area contributed by atoms with Crippen molar-refractivity contribution in [3.05, 3.63) is 93.3 Å². The molecule has 8 heteroatoms. The minimum atomic E-state index is -3.89. The third-order valence-corrected chi connectivity index (χ3v) is 8.65. The maximum Gasteiger partial charge on any atom is 0.211 e. The summed E-state index contributed by atoms with van der Waals surface area (Å²) in [4.78, 5) is 24.3. The molecule has 0 atom stereocenters. The van der Waals surface area contributed by atoms with E-state index in [1.165, 1.54) is 36.4 Å². The van der Waals surface area contributed by atoms with Gasteiger partial charge in [0, 0.05) is 11.1 Å². The van der Waals surface area contributed by atoms with Gasteiger partial charge in [0.2, 0.25) is 31.2 Å². The first-order chi connectivity index (χ1) is 14.2. The predicted molar refractivity (Wildman–Crippen MR) is 110 cm³/mol. The van der Waals surface area contributed by atoms with Gasteiger partial charge < -0.3 is 0 Å². The van der Waals surface area contributed by atoms with E-state index >= 15 is 0 Å². The second-order valence-electron chi connectivity index (χ2n) is 6.92. The summed E-state index contributed by atoms with van der Waals surface area (Å²) in [5, 5.41) is 0. The third-order valence-electron chi connectivity index (χ3n) is 4.97. The fourth-order valence-electron chi connectivity index (χ4n) is 3.49. The molecule has 0 fully saturated rings. The van der Waals surface area contributed by atoms with Crippen LogP contribution < -0.4 is 0 Å². The molecule has 152 valence electrons. The molecule has 0 saturated heterocycles. The third kappa shape index (κ3) is 3.00. The first kappa shape index (κ1) is 20.2. The van der Waals surface area contributed by atoms with Crippen LogP contribution in [0.25, 0.3) is 0 Å². The van der Waals surface area contributed by atoms with Crippen LogP contribution in [-0.4, -0.2) is 28.4 Å². The van der Waals surface area contributed by atoms with Gasteiger partial charge in [-0.3, -0.25) is 9.59 Å². The van der Waals surface area contributed by atoms with Crippen LogP contribution in [0.1, 0.15) is 34.1 Å². The van der Waals surface area contributed by atoms with Gasteiger partial charge in [0.1, 0.15) is 9.81 Å². The first-order valence-corrected chi connectivity index (χ1v) is 12.0. The molecule has 0 saturated carbocycles. The van der Waals surface area contributed by atoms with Gasteiger partial charge in [0.15, 0.2) is 0 Å². The molecule has 0 radical (unpaired) electrons. The van der Waals surface area contributed by atoms with E-state index in [4.69, 9.17) is 0 Å². The van der Waals surface area contributed by atoms with Crippen LogP contribution >= 0.6 is 0 Å². The molecule has 0 aromatic heterocycles. The van der Waals surface area contributed by atoms with Crippen molar-refractivity contribution in [2.24, 2.45) is 0 Å². The quantitative estimate of drug-likeness (QED) is 0.678. The summed E-state index contributed by atoms with van der Waals surface area (Å²) in [6, 6.07) is 12.0. The van der Waals surface area contributed by atoms with E-state index in [9.17, 15) is 26.4 Å². The van der Waals surface area contributed by atoms with E-state index in [0.717, 1.165) is 0 Å². The Morgan fingerprint density at radius 2 is 1.23 bits per heavy atom. The molecule has 0 amide bonds. The second kappa shape index (κ2) is 7.00. The van der Waals surface area contributed by atoms with Crippen molar-refractivity contribution in [1.82, 2.24) is 0 Å². The lowest BCUT2D eigenvalue weighted by atomic mass is 10.1. The van der Waals surface area contributed by atoms with Gasteiger partial charge >= 0.3 is 0 Å². The lowest BCUT2D eigenvalue weighted by Gasteiger charge is -1.99. The molecule has 30 heavy (non-hydrogen) atoms. The van der Waals surface area contributed by atoms with Crippen LogP contribution in [0.5, 0.6) is 0 Å². The Hall–Kier alpha value is -3.10. The highest BCUT2D eigenvalue weighted by Gasteiger charge is 2.39. The van der Waals surface area contributed by atoms with Crippen LogP contribution in [0.15, 0.2) is 91.9 Å². The zero-order chi connectivity index (χ0) is 21.7. The van der Waals surface area contributed by atoms with Crippen molar-refractivity contribution in [3.63, 3.8) is 0 Å². The Labute approximate surface area is 174 Å². The number of carbonyl (C=O) groups is 2. The molecule has 4 rings (SSSR count). The average Bonchev–Trinajstić information content (AvgIpc) is 3.03. The fraction of sp³-hybridized carbons (Fsp3) is 0.0909. The molecule has 2 heterocycles. The number of allylic oxidation sites excluding steroid dienone is 6. The standard InChI is InChI=1S/C22H16O6S2/c1-14(13-20-22(24)16-9-3-5-11-18(16)30(20,27)28)7-6-12-19-21(23)15-8-2-4-10-17(15)29(19,25)26/h2-5,7-13H,6H2,1H3. The summed E-state index contributed by atoms with van der Waals surface area (Å²) in [5.74, 6) is -1.13. The highest BCUT2D eigenvalue weighted by molar-refractivity contribution is 7.97. The van der Waals surface area contributed by atoms with Gasteiger partial charge in [0.25, 0.3) is 0 Å². The van der Waals surface area contributed by atoms with Crippen molar-refractivity contribution in [3.8, 4) is 0 Å². The molecule has 2 aromatic carbocycles.